The standard InChI is InChI=1S/C51H77N5O10/c1-7-9-10-11-12-13-14-15-16-17-18-19-20-21-46(62)55(5)41(33-57)51(66)53-35(4)42(58)26-27-47(63)56(6)48-37-23-25-44(60)39(32-37)38-30-36(22-24-43(38)59)31-40(50(65)52-28-8-2)54-49(64)34(3)29-45(48)61/h22-25,30,32,34-35,40-41,48,57,59-60H,7-21,26-29,31,33H2,1-6H3,(H,52,65)(H,53,66)(H,54,64)/t34-,35-,40+,41-,48+/m1/s1. The Bertz CT molecular complexity index is 1940. The van der Waals surface area contributed by atoms with Crippen LogP contribution >= 0.6 is 0 Å². The minimum absolute atomic E-state index is 0.0644. The first kappa shape index (κ1) is 55.0. The molecule has 366 valence electrons. The van der Waals surface area contributed by atoms with Gasteiger partial charge in [-0.15, -0.1) is 0 Å². The number of phenols is 2. The number of fused-ring (bicyclic) bond motifs is 5. The first-order chi connectivity index (χ1) is 31.5. The summed E-state index contributed by atoms with van der Waals surface area (Å²) in [4.78, 5) is 96.6. The molecule has 2 aromatic carbocycles. The van der Waals surface area contributed by atoms with Crippen LogP contribution in [0.1, 0.15) is 160 Å². The van der Waals surface area contributed by atoms with Crippen molar-refractivity contribution in [1.29, 1.82) is 0 Å². The van der Waals surface area contributed by atoms with Crippen molar-refractivity contribution in [2.45, 2.75) is 174 Å². The van der Waals surface area contributed by atoms with E-state index in [2.05, 4.69) is 22.9 Å². The second-order valence-electron chi connectivity index (χ2n) is 18.1. The second-order valence-corrected chi connectivity index (χ2v) is 18.1. The number of aliphatic hydroxyl groups is 1. The summed E-state index contributed by atoms with van der Waals surface area (Å²) in [5.41, 5.74) is 1.23. The van der Waals surface area contributed by atoms with Crippen molar-refractivity contribution in [3.63, 3.8) is 0 Å². The quantitative estimate of drug-likeness (QED) is 0.0556. The zero-order chi connectivity index (χ0) is 48.8. The Morgan fingerprint density at radius 3 is 1.91 bits per heavy atom. The lowest BCUT2D eigenvalue weighted by Gasteiger charge is -2.30. The molecule has 0 radical (unpaired) electrons. The SMILES string of the molecule is CCCCCCCCCCCCCCCC(=O)N(C)[C@H](CO)C(=O)N[C@H](C)C(=O)CCC(=O)N(C)[C@@H]1C(=O)C[C@@H](C)C(=O)N[C@H](C(=O)NCCC)Cc2ccc(O)c(c2)-c2cc1ccc2O. The molecule has 2 aromatic rings. The van der Waals surface area contributed by atoms with Gasteiger partial charge in [0.1, 0.15) is 29.6 Å². The zero-order valence-corrected chi connectivity index (χ0v) is 40.3. The molecule has 1 aliphatic heterocycles. The molecule has 6 N–H and O–H groups in total. The van der Waals surface area contributed by atoms with Gasteiger partial charge < -0.3 is 41.1 Å². The molecule has 15 nitrogen and oxygen atoms in total. The van der Waals surface area contributed by atoms with Crippen molar-refractivity contribution in [2.24, 2.45) is 5.92 Å². The van der Waals surface area contributed by atoms with Gasteiger partial charge in [0.15, 0.2) is 11.6 Å². The summed E-state index contributed by atoms with van der Waals surface area (Å²) < 4.78 is 0. The monoisotopic (exact) mass is 920 g/mol. The van der Waals surface area contributed by atoms with E-state index in [0.717, 1.165) is 19.3 Å². The average molecular weight is 920 g/mol. The van der Waals surface area contributed by atoms with Crippen LogP contribution in [0.5, 0.6) is 11.5 Å². The summed E-state index contributed by atoms with van der Waals surface area (Å²) in [6.45, 7) is 6.85. The van der Waals surface area contributed by atoms with E-state index in [4.69, 9.17) is 0 Å². The Morgan fingerprint density at radius 1 is 0.742 bits per heavy atom. The molecule has 5 amide bonds. The first-order valence-electron chi connectivity index (χ1n) is 24.3. The Morgan fingerprint density at radius 2 is 1.32 bits per heavy atom. The molecule has 1 heterocycles. The summed E-state index contributed by atoms with van der Waals surface area (Å²) in [7, 11) is 2.84. The summed E-state index contributed by atoms with van der Waals surface area (Å²) in [6, 6.07) is 4.34. The average Bonchev–Trinajstić information content (AvgIpc) is 3.29. The summed E-state index contributed by atoms with van der Waals surface area (Å²) in [5, 5.41) is 40.2. The van der Waals surface area contributed by atoms with Gasteiger partial charge in [-0.05, 0) is 55.2 Å². The number of aliphatic hydroxyl groups excluding tert-OH is 1. The second kappa shape index (κ2) is 28.7. The minimum atomic E-state index is -1.28. The highest BCUT2D eigenvalue weighted by Crippen LogP contribution is 2.39. The number of phenolic OH excluding ortho intramolecular Hbond substituents is 2. The van der Waals surface area contributed by atoms with Gasteiger partial charge in [0, 0.05) is 69.8 Å². The smallest absolute Gasteiger partial charge is 0.245 e. The maximum Gasteiger partial charge on any atom is 0.245 e. The predicted octanol–water partition coefficient (Wildman–Crippen LogP) is 6.58. The number of hydrogen-bond acceptors (Lipinski definition) is 10. The predicted molar refractivity (Wildman–Crippen MR) is 254 cm³/mol. The van der Waals surface area contributed by atoms with Crippen molar-refractivity contribution in [3.8, 4) is 22.6 Å². The third-order valence-electron chi connectivity index (χ3n) is 12.6. The van der Waals surface area contributed by atoms with Gasteiger partial charge in [0.2, 0.25) is 29.5 Å². The number of carbonyl (C=O) groups excluding carboxylic acids is 7. The highest BCUT2D eigenvalue weighted by molar-refractivity contribution is 5.97. The molecule has 0 saturated heterocycles. The summed E-state index contributed by atoms with van der Waals surface area (Å²) >= 11 is 0. The number of amides is 5. The summed E-state index contributed by atoms with van der Waals surface area (Å²) in [6.07, 6.45) is 15.2. The third-order valence-corrected chi connectivity index (χ3v) is 12.6. The number of unbranched alkanes of at least 4 members (excludes halogenated alkanes) is 12. The van der Waals surface area contributed by atoms with Crippen LogP contribution in [-0.2, 0) is 40.0 Å². The van der Waals surface area contributed by atoms with Crippen molar-refractivity contribution >= 4 is 41.1 Å². The zero-order valence-electron chi connectivity index (χ0n) is 40.3. The molecular weight excluding hydrogens is 843 g/mol. The number of benzene rings is 2. The van der Waals surface area contributed by atoms with Crippen LogP contribution in [0, 0.1) is 5.92 Å². The van der Waals surface area contributed by atoms with Gasteiger partial charge >= 0.3 is 0 Å². The Kier molecular flexibility index (Phi) is 23.9. The number of aromatic hydroxyl groups is 2. The lowest BCUT2D eigenvalue weighted by Crippen LogP contribution is -2.53. The molecule has 0 fully saturated rings. The number of likely N-dealkylation sites (N-methyl/N-ethyl adjacent to an activating group) is 2. The lowest BCUT2D eigenvalue weighted by molar-refractivity contribution is -0.142. The highest BCUT2D eigenvalue weighted by atomic mass is 16.3. The normalized spacial score (nSPS) is 17.2. The molecule has 1 aliphatic rings. The Labute approximate surface area is 391 Å². The van der Waals surface area contributed by atoms with Crippen molar-refractivity contribution < 1.29 is 48.9 Å². The molecule has 15 heteroatoms. The Balaban J connectivity index is 1.63. The maximum atomic E-state index is 14.2. The Hall–Kier alpha value is -5.31. The van der Waals surface area contributed by atoms with E-state index in [-0.39, 0.29) is 66.2 Å². The number of rotatable bonds is 26. The van der Waals surface area contributed by atoms with Gasteiger partial charge in [0.25, 0.3) is 0 Å². The van der Waals surface area contributed by atoms with E-state index in [1.165, 1.54) is 113 Å². The lowest BCUT2D eigenvalue weighted by atomic mass is 9.89. The molecule has 0 aromatic heterocycles. The fraction of sp³-hybridized carbons (Fsp3) is 0.627. The minimum Gasteiger partial charge on any atom is -0.507 e. The molecule has 0 unspecified atom stereocenters. The molecular formula is C51H77N5O10. The molecule has 0 spiro atoms. The van der Waals surface area contributed by atoms with E-state index >= 15 is 0 Å². The number of Topliss-reactive ketones (excluding diaryl/α,β-unsaturated/α-hetero) is 2. The van der Waals surface area contributed by atoms with E-state index in [1.54, 1.807) is 19.1 Å². The van der Waals surface area contributed by atoms with E-state index < -0.39 is 71.9 Å². The molecule has 4 bridgehead atoms. The number of nitrogens with one attached hydrogen (secondary N) is 3. The van der Waals surface area contributed by atoms with E-state index in [9.17, 15) is 48.9 Å². The topological polar surface area (TPSA) is 223 Å². The fourth-order valence-electron chi connectivity index (χ4n) is 8.31. The molecule has 3 rings (SSSR count). The van der Waals surface area contributed by atoms with Crippen LogP contribution in [0.15, 0.2) is 36.4 Å². The van der Waals surface area contributed by atoms with Crippen LogP contribution in [0.3, 0.4) is 0 Å². The van der Waals surface area contributed by atoms with Crippen LogP contribution in [0.2, 0.25) is 0 Å². The van der Waals surface area contributed by atoms with Crippen molar-refractivity contribution in [3.05, 3.63) is 47.5 Å². The largest absolute Gasteiger partial charge is 0.507 e. The van der Waals surface area contributed by atoms with Crippen LogP contribution < -0.4 is 16.0 Å². The molecule has 0 aliphatic carbocycles. The number of ketones is 2. The summed E-state index contributed by atoms with van der Waals surface area (Å²) in [5.74, 6) is -4.91. The maximum absolute atomic E-state index is 14.2. The molecule has 0 saturated carbocycles. The first-order valence-corrected chi connectivity index (χ1v) is 24.3. The van der Waals surface area contributed by atoms with Gasteiger partial charge in [-0.2, -0.15) is 0 Å². The molecule has 5 atom stereocenters. The van der Waals surface area contributed by atoms with Crippen LogP contribution in [0.4, 0.5) is 0 Å². The fourth-order valence-corrected chi connectivity index (χ4v) is 8.31. The van der Waals surface area contributed by atoms with E-state index in [0.29, 0.717) is 24.9 Å². The van der Waals surface area contributed by atoms with Crippen molar-refractivity contribution in [2.75, 3.05) is 27.2 Å². The number of hydrogen-bond donors (Lipinski definition) is 6. The van der Waals surface area contributed by atoms with Gasteiger partial charge in [-0.3, -0.25) is 33.6 Å². The highest BCUT2D eigenvalue weighted by Gasteiger charge is 2.34. The van der Waals surface area contributed by atoms with Gasteiger partial charge in [-0.1, -0.05) is 110 Å². The number of nitrogens with zero attached hydrogens (tertiary/aromatic N) is 2. The van der Waals surface area contributed by atoms with Gasteiger partial charge in [0.05, 0.1) is 12.6 Å². The van der Waals surface area contributed by atoms with Crippen LogP contribution in [0.25, 0.3) is 11.1 Å². The molecule has 66 heavy (non-hydrogen) atoms. The number of carbonyl (C=O) groups is 7. The van der Waals surface area contributed by atoms with Crippen molar-refractivity contribution in [1.82, 2.24) is 25.8 Å². The van der Waals surface area contributed by atoms with Gasteiger partial charge in [-0.25, -0.2) is 0 Å². The van der Waals surface area contributed by atoms with E-state index in [1.807, 2.05) is 6.92 Å². The third kappa shape index (κ3) is 17.2. The van der Waals surface area contributed by atoms with Crippen LogP contribution in [-0.4, -0.2) is 112 Å².